The van der Waals surface area contributed by atoms with Crippen LogP contribution in [-0.2, 0) is 4.79 Å². The third-order valence-electron chi connectivity index (χ3n) is 2.98. The Hall–Kier alpha value is -0.610. The molecular formula is C10H21N3O. The molecule has 0 spiro atoms. The van der Waals surface area contributed by atoms with Gasteiger partial charge in [-0.1, -0.05) is 6.92 Å². The standard InChI is InChI=1S/C10H21N3O/c1-8(6-11)10(14)12-7-9-4-3-5-13(9)2/h8-9H,3-7,11H2,1-2H3,(H,12,14). The summed E-state index contributed by atoms with van der Waals surface area (Å²) in [4.78, 5) is 13.7. The maximum atomic E-state index is 11.4. The lowest BCUT2D eigenvalue weighted by molar-refractivity contribution is -0.124. The first kappa shape index (κ1) is 11.5. The van der Waals surface area contributed by atoms with E-state index in [-0.39, 0.29) is 11.8 Å². The van der Waals surface area contributed by atoms with Crippen molar-refractivity contribution in [3.8, 4) is 0 Å². The summed E-state index contributed by atoms with van der Waals surface area (Å²) in [5, 5.41) is 2.95. The van der Waals surface area contributed by atoms with Gasteiger partial charge in [0.25, 0.3) is 0 Å². The van der Waals surface area contributed by atoms with E-state index in [2.05, 4.69) is 17.3 Å². The molecule has 0 aliphatic carbocycles. The summed E-state index contributed by atoms with van der Waals surface area (Å²) < 4.78 is 0. The molecule has 0 bridgehead atoms. The van der Waals surface area contributed by atoms with Gasteiger partial charge < -0.3 is 16.0 Å². The van der Waals surface area contributed by atoms with Crippen LogP contribution in [-0.4, -0.2) is 43.5 Å². The number of nitrogens with two attached hydrogens (primary N) is 1. The largest absolute Gasteiger partial charge is 0.354 e. The number of amides is 1. The molecule has 0 aromatic heterocycles. The maximum absolute atomic E-state index is 11.4. The van der Waals surface area contributed by atoms with E-state index < -0.39 is 0 Å². The molecule has 1 aliphatic rings. The Balaban J connectivity index is 2.22. The zero-order valence-corrected chi connectivity index (χ0v) is 9.12. The van der Waals surface area contributed by atoms with E-state index in [1.807, 2.05) is 6.92 Å². The Morgan fingerprint density at radius 1 is 1.71 bits per heavy atom. The molecule has 1 amide bonds. The number of likely N-dealkylation sites (tertiary alicyclic amines) is 1. The number of hydrogen-bond donors (Lipinski definition) is 2. The molecule has 1 fully saturated rings. The molecule has 0 radical (unpaired) electrons. The maximum Gasteiger partial charge on any atom is 0.224 e. The van der Waals surface area contributed by atoms with Crippen molar-refractivity contribution in [2.24, 2.45) is 11.7 Å². The van der Waals surface area contributed by atoms with Crippen LogP contribution in [0.2, 0.25) is 0 Å². The number of rotatable bonds is 4. The lowest BCUT2D eigenvalue weighted by Crippen LogP contribution is -2.41. The van der Waals surface area contributed by atoms with Gasteiger partial charge >= 0.3 is 0 Å². The van der Waals surface area contributed by atoms with Crippen LogP contribution in [0.4, 0.5) is 0 Å². The minimum Gasteiger partial charge on any atom is -0.354 e. The Bertz CT molecular complexity index is 196. The molecule has 14 heavy (non-hydrogen) atoms. The summed E-state index contributed by atoms with van der Waals surface area (Å²) in [7, 11) is 2.11. The van der Waals surface area contributed by atoms with Gasteiger partial charge in [-0.15, -0.1) is 0 Å². The lowest BCUT2D eigenvalue weighted by Gasteiger charge is -2.20. The van der Waals surface area contributed by atoms with Crippen molar-refractivity contribution < 1.29 is 4.79 Å². The molecule has 1 heterocycles. The van der Waals surface area contributed by atoms with Crippen molar-refractivity contribution in [1.82, 2.24) is 10.2 Å². The summed E-state index contributed by atoms with van der Waals surface area (Å²) in [5.41, 5.74) is 5.41. The van der Waals surface area contributed by atoms with Gasteiger partial charge in [0, 0.05) is 25.0 Å². The Morgan fingerprint density at radius 3 is 2.93 bits per heavy atom. The van der Waals surface area contributed by atoms with Crippen LogP contribution < -0.4 is 11.1 Å². The zero-order chi connectivity index (χ0) is 10.6. The highest BCUT2D eigenvalue weighted by atomic mass is 16.1. The number of likely N-dealkylation sites (N-methyl/N-ethyl adjacent to an activating group) is 1. The number of nitrogens with one attached hydrogen (secondary N) is 1. The quantitative estimate of drug-likeness (QED) is 0.659. The highest BCUT2D eigenvalue weighted by Crippen LogP contribution is 2.13. The smallest absolute Gasteiger partial charge is 0.224 e. The van der Waals surface area contributed by atoms with Crippen LogP contribution in [0.15, 0.2) is 0 Å². The van der Waals surface area contributed by atoms with E-state index in [0.29, 0.717) is 12.6 Å². The molecular weight excluding hydrogens is 178 g/mol. The number of nitrogens with zero attached hydrogens (tertiary/aromatic N) is 1. The molecule has 0 saturated carbocycles. The van der Waals surface area contributed by atoms with Gasteiger partial charge in [0.05, 0.1) is 0 Å². The van der Waals surface area contributed by atoms with Crippen molar-refractivity contribution in [1.29, 1.82) is 0 Å². The molecule has 82 valence electrons. The molecule has 1 rings (SSSR count). The molecule has 3 N–H and O–H groups in total. The zero-order valence-electron chi connectivity index (χ0n) is 9.12. The fourth-order valence-corrected chi connectivity index (χ4v) is 1.74. The van der Waals surface area contributed by atoms with Crippen molar-refractivity contribution in [3.63, 3.8) is 0 Å². The van der Waals surface area contributed by atoms with E-state index in [0.717, 1.165) is 13.1 Å². The molecule has 2 unspecified atom stereocenters. The predicted octanol–water partition coefficient (Wildman–Crippen LogP) is -0.208. The highest BCUT2D eigenvalue weighted by Gasteiger charge is 2.21. The van der Waals surface area contributed by atoms with Gasteiger partial charge in [0.2, 0.25) is 5.91 Å². The van der Waals surface area contributed by atoms with E-state index >= 15 is 0 Å². The van der Waals surface area contributed by atoms with E-state index in [1.54, 1.807) is 0 Å². The average Bonchev–Trinajstić information content (AvgIpc) is 2.59. The van der Waals surface area contributed by atoms with Gasteiger partial charge in [-0.2, -0.15) is 0 Å². The summed E-state index contributed by atoms with van der Waals surface area (Å²) in [5.74, 6) is 0.00880. The Kier molecular flexibility index (Phi) is 4.35. The fourth-order valence-electron chi connectivity index (χ4n) is 1.74. The first-order valence-corrected chi connectivity index (χ1v) is 5.33. The molecule has 0 aromatic rings. The van der Waals surface area contributed by atoms with Crippen LogP contribution in [0.1, 0.15) is 19.8 Å². The third-order valence-corrected chi connectivity index (χ3v) is 2.98. The van der Waals surface area contributed by atoms with Crippen LogP contribution in [0.3, 0.4) is 0 Å². The lowest BCUT2D eigenvalue weighted by atomic mass is 10.1. The molecule has 1 aliphatic heterocycles. The normalized spacial score (nSPS) is 24.9. The Labute approximate surface area is 85.8 Å². The second-order valence-corrected chi connectivity index (χ2v) is 4.16. The van der Waals surface area contributed by atoms with Crippen LogP contribution in [0.5, 0.6) is 0 Å². The van der Waals surface area contributed by atoms with Crippen LogP contribution >= 0.6 is 0 Å². The van der Waals surface area contributed by atoms with Gasteiger partial charge in [-0.05, 0) is 26.4 Å². The molecule has 0 aromatic carbocycles. The van der Waals surface area contributed by atoms with Crippen molar-refractivity contribution in [2.45, 2.75) is 25.8 Å². The van der Waals surface area contributed by atoms with Crippen LogP contribution in [0, 0.1) is 5.92 Å². The molecule has 2 atom stereocenters. The monoisotopic (exact) mass is 199 g/mol. The van der Waals surface area contributed by atoms with Gasteiger partial charge in [0.1, 0.15) is 0 Å². The third kappa shape index (κ3) is 2.96. The average molecular weight is 199 g/mol. The fraction of sp³-hybridized carbons (Fsp3) is 0.900. The summed E-state index contributed by atoms with van der Waals surface area (Å²) in [6.45, 7) is 4.19. The van der Waals surface area contributed by atoms with E-state index in [9.17, 15) is 4.79 Å². The van der Waals surface area contributed by atoms with Crippen molar-refractivity contribution in [2.75, 3.05) is 26.7 Å². The van der Waals surface area contributed by atoms with Gasteiger partial charge in [-0.3, -0.25) is 4.79 Å². The second-order valence-electron chi connectivity index (χ2n) is 4.16. The minimum absolute atomic E-state index is 0.0679. The molecule has 4 nitrogen and oxygen atoms in total. The predicted molar refractivity (Wildman–Crippen MR) is 56.9 cm³/mol. The highest BCUT2D eigenvalue weighted by molar-refractivity contribution is 5.78. The summed E-state index contributed by atoms with van der Waals surface area (Å²) >= 11 is 0. The topological polar surface area (TPSA) is 58.4 Å². The summed E-state index contributed by atoms with van der Waals surface area (Å²) in [6, 6.07) is 0.518. The van der Waals surface area contributed by atoms with Gasteiger partial charge in [0.15, 0.2) is 0 Å². The van der Waals surface area contributed by atoms with Crippen LogP contribution in [0.25, 0.3) is 0 Å². The molecule has 4 heteroatoms. The van der Waals surface area contributed by atoms with E-state index in [1.165, 1.54) is 12.8 Å². The summed E-state index contributed by atoms with van der Waals surface area (Å²) in [6.07, 6.45) is 2.43. The minimum atomic E-state index is -0.0679. The Morgan fingerprint density at radius 2 is 2.43 bits per heavy atom. The SMILES string of the molecule is CC(CN)C(=O)NCC1CCCN1C. The number of hydrogen-bond acceptors (Lipinski definition) is 3. The second kappa shape index (κ2) is 5.32. The first-order valence-electron chi connectivity index (χ1n) is 5.33. The first-order chi connectivity index (χ1) is 6.65. The number of carbonyl (C=O) groups excluding carboxylic acids is 1. The van der Waals surface area contributed by atoms with E-state index in [4.69, 9.17) is 5.73 Å². The van der Waals surface area contributed by atoms with Crippen molar-refractivity contribution >= 4 is 5.91 Å². The van der Waals surface area contributed by atoms with Gasteiger partial charge in [-0.25, -0.2) is 0 Å². The molecule has 1 saturated heterocycles. The number of carbonyl (C=O) groups is 1. The van der Waals surface area contributed by atoms with Crippen molar-refractivity contribution in [3.05, 3.63) is 0 Å².